The zero-order valence-electron chi connectivity index (χ0n) is 21.5. The number of hydrogen-bond donors (Lipinski definition) is 1. The predicted octanol–water partition coefficient (Wildman–Crippen LogP) is 8.24. The van der Waals surface area contributed by atoms with Crippen LogP contribution in [0.1, 0.15) is 112 Å². The Kier molecular flexibility index (Phi) is 7.04. The highest BCUT2D eigenvalue weighted by molar-refractivity contribution is 5.11. The first kappa shape index (κ1) is 23.8. The maximum atomic E-state index is 6.67. The van der Waals surface area contributed by atoms with Crippen LogP contribution in [0.25, 0.3) is 0 Å². The summed E-state index contributed by atoms with van der Waals surface area (Å²) < 4.78 is 0. The van der Waals surface area contributed by atoms with E-state index in [2.05, 4.69) is 47.3 Å². The maximum absolute atomic E-state index is 6.67. The third kappa shape index (κ3) is 4.08. The van der Waals surface area contributed by atoms with Gasteiger partial charge in [0.15, 0.2) is 0 Å². The van der Waals surface area contributed by atoms with E-state index < -0.39 is 0 Å². The van der Waals surface area contributed by atoms with Gasteiger partial charge in [-0.25, -0.2) is 0 Å². The van der Waals surface area contributed by atoms with Gasteiger partial charge in [-0.05, 0) is 116 Å². The standard InChI is InChI=1S/C30H53N/c1-7-9-23-26-13-12-22-25-15-14-24(21(4)11-8-10-20(2)3)29(25,5)18-16-27(22)30(26,6)19-17-28(23)31/h7,20-28H,1,8-19,31H2,2-6H3/t21-,22-,23-,24+,25-,26-,27-,28+,29+,30-/m0/s1. The van der Waals surface area contributed by atoms with Crippen LogP contribution in [-0.4, -0.2) is 6.04 Å². The molecular weight excluding hydrogens is 374 g/mol. The molecule has 1 heteroatoms. The lowest BCUT2D eigenvalue weighted by Crippen LogP contribution is -2.57. The Morgan fingerprint density at radius 3 is 2.26 bits per heavy atom. The molecule has 4 fully saturated rings. The van der Waals surface area contributed by atoms with Gasteiger partial charge in [0, 0.05) is 6.04 Å². The monoisotopic (exact) mass is 427 g/mol. The molecule has 0 heterocycles. The number of allylic oxidation sites excluding steroid dienone is 1. The van der Waals surface area contributed by atoms with Gasteiger partial charge in [0.05, 0.1) is 0 Å². The van der Waals surface area contributed by atoms with E-state index in [0.717, 1.165) is 47.8 Å². The Bertz CT molecular complexity index is 624. The molecule has 178 valence electrons. The Hall–Kier alpha value is -0.300. The molecule has 0 amide bonds. The van der Waals surface area contributed by atoms with Crippen LogP contribution in [0.15, 0.2) is 12.7 Å². The molecule has 0 aliphatic heterocycles. The molecular formula is C30H53N. The molecule has 4 aliphatic rings. The van der Waals surface area contributed by atoms with Gasteiger partial charge >= 0.3 is 0 Å². The van der Waals surface area contributed by atoms with Gasteiger partial charge in [0.25, 0.3) is 0 Å². The summed E-state index contributed by atoms with van der Waals surface area (Å²) >= 11 is 0. The summed E-state index contributed by atoms with van der Waals surface area (Å²) in [6.07, 6.45) is 19.2. The molecule has 4 saturated carbocycles. The van der Waals surface area contributed by atoms with E-state index in [4.69, 9.17) is 5.73 Å². The van der Waals surface area contributed by atoms with Crippen LogP contribution < -0.4 is 5.73 Å². The molecule has 1 nitrogen and oxygen atoms in total. The second-order valence-corrected chi connectivity index (χ2v) is 13.5. The largest absolute Gasteiger partial charge is 0.327 e. The minimum Gasteiger partial charge on any atom is -0.327 e. The quantitative estimate of drug-likeness (QED) is 0.407. The topological polar surface area (TPSA) is 26.0 Å². The van der Waals surface area contributed by atoms with Gasteiger partial charge in [-0.3, -0.25) is 0 Å². The molecule has 0 spiro atoms. The highest BCUT2D eigenvalue weighted by Crippen LogP contribution is 2.69. The molecule has 0 aromatic rings. The average Bonchev–Trinajstić information content (AvgIpc) is 3.07. The first-order valence-corrected chi connectivity index (χ1v) is 14.1. The van der Waals surface area contributed by atoms with Crippen molar-refractivity contribution in [2.24, 2.45) is 63.9 Å². The number of fused-ring (bicyclic) bond motifs is 5. The van der Waals surface area contributed by atoms with Gasteiger partial charge in [-0.2, -0.15) is 0 Å². The van der Waals surface area contributed by atoms with Crippen molar-refractivity contribution >= 4 is 0 Å². The van der Waals surface area contributed by atoms with E-state index in [1.807, 2.05) is 0 Å². The van der Waals surface area contributed by atoms with E-state index in [0.29, 0.717) is 22.8 Å². The van der Waals surface area contributed by atoms with Crippen molar-refractivity contribution in [3.63, 3.8) is 0 Å². The van der Waals surface area contributed by atoms with Crippen molar-refractivity contribution in [3.05, 3.63) is 12.7 Å². The van der Waals surface area contributed by atoms with Crippen LogP contribution in [0, 0.1) is 58.2 Å². The van der Waals surface area contributed by atoms with Crippen molar-refractivity contribution < 1.29 is 0 Å². The molecule has 0 saturated heterocycles. The Morgan fingerprint density at radius 2 is 1.55 bits per heavy atom. The van der Waals surface area contributed by atoms with Gasteiger partial charge in [-0.15, -0.1) is 6.58 Å². The highest BCUT2D eigenvalue weighted by Gasteiger charge is 2.61. The minimum atomic E-state index is 0.407. The average molecular weight is 428 g/mol. The van der Waals surface area contributed by atoms with Gasteiger partial charge < -0.3 is 5.73 Å². The molecule has 4 rings (SSSR count). The lowest BCUT2D eigenvalue weighted by Gasteiger charge is -2.63. The number of nitrogens with two attached hydrogens (primary N) is 1. The molecule has 0 aromatic heterocycles. The van der Waals surface area contributed by atoms with E-state index in [1.165, 1.54) is 70.6 Å². The zero-order valence-corrected chi connectivity index (χ0v) is 21.5. The summed E-state index contributed by atoms with van der Waals surface area (Å²) in [6, 6.07) is 0.407. The summed E-state index contributed by atoms with van der Waals surface area (Å²) in [5.74, 6) is 7.22. The molecule has 2 N–H and O–H groups in total. The Labute approximate surface area is 194 Å². The van der Waals surface area contributed by atoms with Crippen LogP contribution in [0.4, 0.5) is 0 Å². The Balaban J connectivity index is 1.49. The molecule has 0 bridgehead atoms. The van der Waals surface area contributed by atoms with E-state index in [9.17, 15) is 0 Å². The summed E-state index contributed by atoms with van der Waals surface area (Å²) in [5, 5.41) is 0. The van der Waals surface area contributed by atoms with Crippen LogP contribution in [0.5, 0.6) is 0 Å². The van der Waals surface area contributed by atoms with Crippen molar-refractivity contribution in [1.82, 2.24) is 0 Å². The van der Waals surface area contributed by atoms with Crippen LogP contribution >= 0.6 is 0 Å². The van der Waals surface area contributed by atoms with Crippen molar-refractivity contribution in [2.45, 2.75) is 118 Å². The van der Waals surface area contributed by atoms with E-state index in [-0.39, 0.29) is 0 Å². The highest BCUT2D eigenvalue weighted by atomic mass is 14.7. The second kappa shape index (κ2) is 9.15. The molecule has 0 radical (unpaired) electrons. The van der Waals surface area contributed by atoms with Crippen molar-refractivity contribution in [3.8, 4) is 0 Å². The third-order valence-corrected chi connectivity index (χ3v) is 11.7. The SMILES string of the molecule is C=CC[C@@H]1[C@H](N)CC[C@@]2(C)[C@H]1CC[C@@H]1[C@@H]2CC[C@]2(C)[C@@H]([C@@H](C)CCCC(C)C)CC[C@@H]12. The first-order chi connectivity index (χ1) is 14.7. The van der Waals surface area contributed by atoms with Crippen molar-refractivity contribution in [1.29, 1.82) is 0 Å². The van der Waals surface area contributed by atoms with Crippen LogP contribution in [0.2, 0.25) is 0 Å². The van der Waals surface area contributed by atoms with Crippen LogP contribution in [-0.2, 0) is 0 Å². The van der Waals surface area contributed by atoms with Gasteiger partial charge in [0.1, 0.15) is 0 Å². The summed E-state index contributed by atoms with van der Waals surface area (Å²) in [6.45, 7) is 16.9. The third-order valence-electron chi connectivity index (χ3n) is 11.7. The van der Waals surface area contributed by atoms with E-state index in [1.54, 1.807) is 0 Å². The van der Waals surface area contributed by atoms with E-state index >= 15 is 0 Å². The maximum Gasteiger partial charge on any atom is 0.00731 e. The Morgan fingerprint density at radius 1 is 0.871 bits per heavy atom. The molecule has 10 atom stereocenters. The summed E-state index contributed by atoms with van der Waals surface area (Å²) in [4.78, 5) is 0. The molecule has 4 aliphatic carbocycles. The molecule has 31 heavy (non-hydrogen) atoms. The summed E-state index contributed by atoms with van der Waals surface area (Å²) in [5.41, 5.74) is 7.82. The fourth-order valence-electron chi connectivity index (χ4n) is 10.1. The zero-order chi connectivity index (χ0) is 22.4. The first-order valence-electron chi connectivity index (χ1n) is 14.1. The summed E-state index contributed by atoms with van der Waals surface area (Å²) in [7, 11) is 0. The molecule has 0 aromatic carbocycles. The fraction of sp³-hybridized carbons (Fsp3) is 0.933. The second-order valence-electron chi connectivity index (χ2n) is 13.5. The minimum absolute atomic E-state index is 0.407. The van der Waals surface area contributed by atoms with Gasteiger partial charge in [0.2, 0.25) is 0 Å². The molecule has 0 unspecified atom stereocenters. The number of hydrogen-bond acceptors (Lipinski definition) is 1. The smallest absolute Gasteiger partial charge is 0.00731 e. The van der Waals surface area contributed by atoms with Crippen molar-refractivity contribution in [2.75, 3.05) is 0 Å². The lowest BCUT2D eigenvalue weighted by atomic mass is 9.42. The fourth-order valence-corrected chi connectivity index (χ4v) is 10.1. The lowest BCUT2D eigenvalue weighted by molar-refractivity contribution is -0.132. The number of rotatable bonds is 7. The normalized spacial score (nSPS) is 48.0. The predicted molar refractivity (Wildman–Crippen MR) is 135 cm³/mol. The van der Waals surface area contributed by atoms with Gasteiger partial charge in [-0.1, -0.05) is 60.0 Å². The van der Waals surface area contributed by atoms with Crippen LogP contribution in [0.3, 0.4) is 0 Å².